The first-order valence-corrected chi connectivity index (χ1v) is 27.6. The Kier molecular flexibility index (Phi) is 24.1. The van der Waals surface area contributed by atoms with Gasteiger partial charge in [-0.2, -0.15) is 10.2 Å². The highest BCUT2D eigenvalue weighted by Gasteiger charge is 2.27. The third kappa shape index (κ3) is 22.7. The molecule has 432 valence electrons. The van der Waals surface area contributed by atoms with Gasteiger partial charge in [-0.25, -0.2) is 18.7 Å². The molecule has 0 spiro atoms. The van der Waals surface area contributed by atoms with E-state index < -0.39 is 5.60 Å². The van der Waals surface area contributed by atoms with Crippen LogP contribution in [0.2, 0.25) is 0 Å². The normalized spacial score (nSPS) is 17.1. The van der Waals surface area contributed by atoms with Gasteiger partial charge in [0.05, 0.1) is 49.9 Å². The molecular weight excluding hydrogens is 1020 g/mol. The number of esters is 2. The summed E-state index contributed by atoms with van der Waals surface area (Å²) >= 11 is 0. The van der Waals surface area contributed by atoms with Crippen LogP contribution in [0.3, 0.4) is 0 Å². The number of hydrogen-bond acceptors (Lipinski definition) is 19. The van der Waals surface area contributed by atoms with Gasteiger partial charge in [0, 0.05) is 102 Å². The summed E-state index contributed by atoms with van der Waals surface area (Å²) in [6, 6.07) is 12.8. The Morgan fingerprint density at radius 1 is 0.582 bits per heavy atom. The highest BCUT2D eigenvalue weighted by molar-refractivity contribution is 5.79. The zero-order valence-corrected chi connectivity index (χ0v) is 47.2. The summed E-state index contributed by atoms with van der Waals surface area (Å²) in [4.78, 5) is 67.8. The van der Waals surface area contributed by atoms with Gasteiger partial charge in [0.2, 0.25) is 23.7 Å². The smallest absolute Gasteiger partial charge is 0.308 e. The molecule has 2 amide bonds. The van der Waals surface area contributed by atoms with Crippen LogP contribution in [0, 0.1) is 11.6 Å². The molecule has 23 heteroatoms. The second-order valence-electron chi connectivity index (χ2n) is 22.1. The molecule has 0 bridgehead atoms. The van der Waals surface area contributed by atoms with Crippen molar-refractivity contribution < 1.29 is 42.2 Å². The lowest BCUT2D eigenvalue weighted by Crippen LogP contribution is -2.52. The van der Waals surface area contributed by atoms with E-state index in [9.17, 15) is 28.0 Å². The minimum atomic E-state index is -0.439. The molecule has 79 heavy (non-hydrogen) atoms. The fourth-order valence-electron chi connectivity index (χ4n) is 9.23. The lowest BCUT2D eigenvalue weighted by molar-refractivity contribution is -0.156. The summed E-state index contributed by atoms with van der Waals surface area (Å²) in [5.74, 6) is 0.330. The number of anilines is 2. The van der Waals surface area contributed by atoms with Crippen molar-refractivity contribution in [1.82, 2.24) is 61.0 Å². The first-order chi connectivity index (χ1) is 37.8. The molecule has 4 aliphatic heterocycles. The summed E-state index contributed by atoms with van der Waals surface area (Å²) in [6.45, 7) is 22.9. The van der Waals surface area contributed by atoms with Gasteiger partial charge in [0.15, 0.2) is 0 Å². The van der Waals surface area contributed by atoms with Crippen molar-refractivity contribution in [2.75, 3.05) is 122 Å². The third-order valence-electron chi connectivity index (χ3n) is 13.3. The molecule has 4 aromatic rings. The van der Waals surface area contributed by atoms with Gasteiger partial charge in [0.1, 0.15) is 22.8 Å². The molecule has 2 aromatic carbocycles. The fraction of sp³-hybridized carbons (Fsp3) is 0.607. The molecular formula is C56H82F2N14O7. The Bertz CT molecular complexity index is 2510. The van der Waals surface area contributed by atoms with Crippen LogP contribution < -0.4 is 25.8 Å². The van der Waals surface area contributed by atoms with E-state index in [1.807, 2.05) is 41.5 Å². The van der Waals surface area contributed by atoms with Crippen molar-refractivity contribution in [2.45, 2.75) is 110 Å². The van der Waals surface area contributed by atoms with Crippen molar-refractivity contribution in [1.29, 1.82) is 0 Å². The Balaban J connectivity index is 0.000000220. The number of halogens is 2. The highest BCUT2D eigenvalue weighted by Crippen LogP contribution is 2.22. The van der Waals surface area contributed by atoms with Gasteiger partial charge in [-0.1, -0.05) is 0 Å². The number of benzene rings is 2. The maximum absolute atomic E-state index is 13.2. The number of carbonyl (C=O) groups excluding carboxylic acids is 4. The van der Waals surface area contributed by atoms with Gasteiger partial charge in [-0.3, -0.25) is 29.0 Å². The van der Waals surface area contributed by atoms with Crippen molar-refractivity contribution in [3.63, 3.8) is 0 Å². The van der Waals surface area contributed by atoms with Crippen LogP contribution in [0.1, 0.15) is 86.5 Å². The standard InChI is InChI=1S/C28H40FN7O3.C20H26FN7O.C8H16O3/c1-28(2,3)39-26(38)5-4-12-34-13-10-23(11-14-34)31-25(37)20-35-15-17-36(18-16-35)27-32-24(19-30-33-27)21-6-8-22(29)9-7-21;21-16-3-1-15(2-4-16)18-13-23-26-20(25-18)28-11-9-27(10-12-28)14-19(29)24-17-5-7-22-8-6-17;1-8(2,3)11-7(9)5-6-10-4/h6-9,19,23H,4-5,10-18,20H2,1-3H3,(H,31,37);1-4,13,17,22H,5-12,14H2,(H,24,29);5-6H2,1-4H3. The number of aromatic nitrogens is 6. The fourth-order valence-corrected chi connectivity index (χ4v) is 9.23. The lowest BCUT2D eigenvalue weighted by atomic mass is 10.0. The molecule has 4 aliphatic rings. The lowest BCUT2D eigenvalue weighted by Gasteiger charge is -2.35. The van der Waals surface area contributed by atoms with Gasteiger partial charge in [0.25, 0.3) is 0 Å². The monoisotopic (exact) mass is 1100 g/mol. The number of methoxy groups -OCH3 is 1. The number of carbonyl (C=O) groups is 4. The molecule has 0 aliphatic carbocycles. The Labute approximate surface area is 463 Å². The molecule has 0 radical (unpaired) electrons. The Morgan fingerprint density at radius 2 is 1.00 bits per heavy atom. The summed E-state index contributed by atoms with van der Waals surface area (Å²) in [5, 5.41) is 26.1. The number of rotatable bonds is 17. The number of likely N-dealkylation sites (tertiary alicyclic amines) is 1. The van der Waals surface area contributed by atoms with E-state index >= 15 is 0 Å². The zero-order chi connectivity index (χ0) is 56.8. The van der Waals surface area contributed by atoms with Gasteiger partial charge >= 0.3 is 11.9 Å². The van der Waals surface area contributed by atoms with Crippen LogP contribution in [0.15, 0.2) is 60.9 Å². The molecule has 6 heterocycles. The molecule has 0 saturated carbocycles. The molecule has 3 N–H and O–H groups in total. The van der Waals surface area contributed by atoms with Crippen molar-refractivity contribution in [2.24, 2.45) is 0 Å². The predicted molar refractivity (Wildman–Crippen MR) is 297 cm³/mol. The van der Waals surface area contributed by atoms with Crippen LogP contribution in [0.25, 0.3) is 22.5 Å². The van der Waals surface area contributed by atoms with Crippen molar-refractivity contribution >= 4 is 35.6 Å². The van der Waals surface area contributed by atoms with E-state index in [2.05, 4.69) is 70.8 Å². The van der Waals surface area contributed by atoms with Crippen LogP contribution in [0.4, 0.5) is 20.7 Å². The molecule has 2 aromatic heterocycles. The van der Waals surface area contributed by atoms with E-state index in [4.69, 9.17) is 14.2 Å². The van der Waals surface area contributed by atoms with Crippen molar-refractivity contribution in [3.8, 4) is 22.5 Å². The molecule has 21 nitrogen and oxygen atoms in total. The average molecular weight is 1100 g/mol. The Morgan fingerprint density at radius 3 is 1.42 bits per heavy atom. The highest BCUT2D eigenvalue weighted by atomic mass is 19.1. The first kappa shape index (κ1) is 61.8. The molecule has 0 unspecified atom stereocenters. The van der Waals surface area contributed by atoms with E-state index in [-0.39, 0.29) is 47.0 Å². The number of piperidine rings is 2. The summed E-state index contributed by atoms with van der Waals surface area (Å²) < 4.78 is 41.5. The SMILES string of the molecule is CC(C)(C)OC(=O)CCCN1CCC(NC(=O)CN2CCN(c3nncc(-c4ccc(F)cc4)n3)CC2)CC1.COCCC(=O)OC(C)(C)C.O=C(CN1CCN(c2nncc(-c3ccc(F)cc3)n2)CC1)NC1CCNCC1. The maximum atomic E-state index is 13.2. The van der Waals surface area contributed by atoms with E-state index in [0.29, 0.717) is 75.0 Å². The molecule has 0 atom stereocenters. The molecule has 8 rings (SSSR count). The summed E-state index contributed by atoms with van der Waals surface area (Å²) in [5.41, 5.74) is 2.08. The molecule has 4 saturated heterocycles. The first-order valence-electron chi connectivity index (χ1n) is 27.6. The van der Waals surface area contributed by atoms with Crippen LogP contribution in [-0.2, 0) is 33.4 Å². The van der Waals surface area contributed by atoms with Gasteiger partial charge < -0.3 is 44.9 Å². The number of piperazine rings is 2. The predicted octanol–water partition coefficient (Wildman–Crippen LogP) is 4.53. The third-order valence-corrected chi connectivity index (χ3v) is 13.3. The number of ether oxygens (including phenoxy) is 3. The minimum Gasteiger partial charge on any atom is -0.460 e. The number of amides is 2. The van der Waals surface area contributed by atoms with Gasteiger partial charge in [-0.05, 0) is 142 Å². The van der Waals surface area contributed by atoms with E-state index in [0.717, 1.165) is 115 Å². The summed E-state index contributed by atoms with van der Waals surface area (Å²) in [6.07, 6.45) is 8.53. The van der Waals surface area contributed by atoms with Crippen molar-refractivity contribution in [3.05, 3.63) is 72.6 Å². The van der Waals surface area contributed by atoms with Crippen LogP contribution in [0.5, 0.6) is 0 Å². The van der Waals surface area contributed by atoms with Gasteiger partial charge in [-0.15, -0.1) is 10.2 Å². The summed E-state index contributed by atoms with van der Waals surface area (Å²) in [7, 11) is 1.56. The van der Waals surface area contributed by atoms with Crippen LogP contribution >= 0.6 is 0 Å². The topological polar surface area (TPSA) is 226 Å². The van der Waals surface area contributed by atoms with E-state index in [1.54, 1.807) is 43.8 Å². The number of nitrogens with one attached hydrogen (secondary N) is 3. The van der Waals surface area contributed by atoms with Crippen LogP contribution in [-0.4, -0.2) is 204 Å². The second-order valence-corrected chi connectivity index (χ2v) is 22.1. The van der Waals surface area contributed by atoms with E-state index in [1.165, 1.54) is 24.3 Å². The minimum absolute atomic E-state index is 0.0584. The average Bonchev–Trinajstić information content (AvgIpc) is 3.42. The quantitative estimate of drug-likeness (QED) is 0.123. The largest absolute Gasteiger partial charge is 0.460 e. The molecule has 4 fully saturated rings. The Hall–Kier alpha value is -6.40. The zero-order valence-electron chi connectivity index (χ0n) is 47.2. The number of nitrogens with zero attached hydrogens (tertiary/aromatic N) is 11. The number of hydrogen-bond donors (Lipinski definition) is 3. The maximum Gasteiger partial charge on any atom is 0.308 e. The second kappa shape index (κ2) is 30.8.